The van der Waals surface area contributed by atoms with Crippen LogP contribution in [0.15, 0.2) is 77.6 Å². The summed E-state index contributed by atoms with van der Waals surface area (Å²) in [6.45, 7) is 0. The predicted octanol–water partition coefficient (Wildman–Crippen LogP) is 4.32. The molecule has 0 fully saturated rings. The largest absolute Gasteiger partial charge is 0.477 e. The zero-order valence-corrected chi connectivity index (χ0v) is 14.1. The summed E-state index contributed by atoms with van der Waals surface area (Å²) >= 11 is 0. The second kappa shape index (κ2) is 5.57. The number of fused-ring (bicyclic) bond motifs is 4. The average Bonchev–Trinajstić information content (AvgIpc) is 3.01. The Morgan fingerprint density at radius 1 is 0.852 bits per heavy atom. The Bertz CT molecular complexity index is 1370. The first-order valence-corrected chi connectivity index (χ1v) is 8.52. The van der Waals surface area contributed by atoms with Crippen LogP contribution in [0.3, 0.4) is 0 Å². The van der Waals surface area contributed by atoms with Gasteiger partial charge in [-0.05, 0) is 35.7 Å². The maximum Gasteiger partial charge on any atom is 0.341 e. The van der Waals surface area contributed by atoms with E-state index in [9.17, 15) is 9.59 Å². The van der Waals surface area contributed by atoms with Gasteiger partial charge in [-0.15, -0.1) is 0 Å². The topological polar surface area (TPSA) is 75.1 Å². The molecule has 0 atom stereocenters. The molecule has 0 bridgehead atoms. The number of aromatic carboxylic acids is 1. The number of carboxylic acid groups (broad SMARTS) is 1. The van der Waals surface area contributed by atoms with Crippen LogP contribution in [-0.2, 0) is 0 Å². The van der Waals surface area contributed by atoms with E-state index in [4.69, 9.17) is 5.11 Å². The Labute approximate surface area is 153 Å². The minimum atomic E-state index is -1.23. The number of H-pyrrole nitrogens is 1. The molecule has 5 rings (SSSR count). The molecule has 0 saturated heterocycles. The van der Waals surface area contributed by atoms with E-state index in [-0.39, 0.29) is 5.56 Å². The molecule has 0 saturated carbocycles. The molecule has 5 aromatic rings. The molecule has 0 aliphatic heterocycles. The summed E-state index contributed by atoms with van der Waals surface area (Å²) in [6, 6.07) is 23.4. The summed E-state index contributed by atoms with van der Waals surface area (Å²) in [7, 11) is 0. The number of nitrogens with zero attached hydrogens (tertiary/aromatic N) is 1. The van der Waals surface area contributed by atoms with Crippen molar-refractivity contribution in [2.45, 2.75) is 0 Å². The molecule has 27 heavy (non-hydrogen) atoms. The molecule has 0 unspecified atom stereocenters. The smallest absolute Gasteiger partial charge is 0.341 e. The maximum absolute atomic E-state index is 12.1. The molecule has 0 aliphatic carbocycles. The van der Waals surface area contributed by atoms with Crippen molar-refractivity contribution in [3.63, 3.8) is 0 Å². The fourth-order valence-electron chi connectivity index (χ4n) is 3.69. The molecule has 0 spiro atoms. The zero-order chi connectivity index (χ0) is 18.5. The SMILES string of the molecule is O=C(O)c1cc2ccc(-n3c4ccccc4c4ccccc43)cc2[nH]c1=O. The van der Waals surface area contributed by atoms with Crippen LogP contribution >= 0.6 is 0 Å². The van der Waals surface area contributed by atoms with Gasteiger partial charge >= 0.3 is 5.97 Å². The first-order valence-electron chi connectivity index (χ1n) is 8.52. The highest BCUT2D eigenvalue weighted by Crippen LogP contribution is 2.32. The van der Waals surface area contributed by atoms with Crippen LogP contribution in [0.4, 0.5) is 0 Å². The molecule has 3 aromatic carbocycles. The number of carboxylic acids is 1. The van der Waals surface area contributed by atoms with Crippen LogP contribution in [-0.4, -0.2) is 20.6 Å². The Morgan fingerprint density at radius 3 is 2.11 bits per heavy atom. The Kier molecular flexibility index (Phi) is 3.18. The number of hydrogen-bond acceptors (Lipinski definition) is 2. The van der Waals surface area contributed by atoms with Gasteiger partial charge in [0.1, 0.15) is 5.56 Å². The highest BCUT2D eigenvalue weighted by atomic mass is 16.4. The van der Waals surface area contributed by atoms with E-state index in [1.807, 2.05) is 42.5 Å². The van der Waals surface area contributed by atoms with Crippen LogP contribution < -0.4 is 5.56 Å². The van der Waals surface area contributed by atoms with Crippen molar-refractivity contribution >= 4 is 38.7 Å². The number of aromatic amines is 1. The molecular formula is C22H14N2O3. The third-order valence-corrected chi connectivity index (χ3v) is 4.90. The van der Waals surface area contributed by atoms with Crippen molar-refractivity contribution in [3.8, 4) is 5.69 Å². The lowest BCUT2D eigenvalue weighted by atomic mass is 10.1. The minimum absolute atomic E-state index is 0.257. The highest BCUT2D eigenvalue weighted by molar-refractivity contribution is 6.09. The number of pyridine rings is 1. The molecule has 0 amide bonds. The lowest BCUT2D eigenvalue weighted by Crippen LogP contribution is -2.17. The Balaban J connectivity index is 1.84. The van der Waals surface area contributed by atoms with Crippen molar-refractivity contribution in [2.24, 2.45) is 0 Å². The normalized spacial score (nSPS) is 11.4. The van der Waals surface area contributed by atoms with Crippen LogP contribution in [0.5, 0.6) is 0 Å². The number of hydrogen-bond donors (Lipinski definition) is 2. The van der Waals surface area contributed by atoms with Gasteiger partial charge in [-0.1, -0.05) is 42.5 Å². The molecule has 0 radical (unpaired) electrons. The third-order valence-electron chi connectivity index (χ3n) is 4.90. The average molecular weight is 354 g/mol. The highest BCUT2D eigenvalue weighted by Gasteiger charge is 2.13. The summed E-state index contributed by atoms with van der Waals surface area (Å²) in [5.74, 6) is -1.23. The number of para-hydroxylation sites is 2. The van der Waals surface area contributed by atoms with E-state index < -0.39 is 11.5 Å². The van der Waals surface area contributed by atoms with Gasteiger partial charge in [0.2, 0.25) is 0 Å². The van der Waals surface area contributed by atoms with Gasteiger partial charge < -0.3 is 14.7 Å². The summed E-state index contributed by atoms with van der Waals surface area (Å²) in [5, 5.41) is 12.1. The molecule has 5 heteroatoms. The van der Waals surface area contributed by atoms with Gasteiger partial charge in [-0.3, -0.25) is 4.79 Å². The second-order valence-electron chi connectivity index (χ2n) is 6.46. The second-order valence-corrected chi connectivity index (χ2v) is 6.46. The molecular weight excluding hydrogens is 340 g/mol. The molecule has 2 aromatic heterocycles. The standard InChI is InChI=1S/C22H14N2O3/c25-21-17(22(26)27)11-13-9-10-14(12-18(13)23-21)24-19-7-3-1-5-15(19)16-6-2-4-8-20(16)24/h1-12H,(H,23,25)(H,26,27). The third kappa shape index (κ3) is 2.25. The fourth-order valence-corrected chi connectivity index (χ4v) is 3.69. The van der Waals surface area contributed by atoms with Gasteiger partial charge in [0, 0.05) is 16.5 Å². The number of rotatable bonds is 2. The lowest BCUT2D eigenvalue weighted by Gasteiger charge is -2.09. The molecule has 130 valence electrons. The number of benzene rings is 3. The molecule has 2 heterocycles. The van der Waals surface area contributed by atoms with Gasteiger partial charge in [0.25, 0.3) is 5.56 Å². The molecule has 2 N–H and O–H groups in total. The van der Waals surface area contributed by atoms with E-state index in [0.29, 0.717) is 10.9 Å². The lowest BCUT2D eigenvalue weighted by molar-refractivity contribution is 0.0695. The summed E-state index contributed by atoms with van der Waals surface area (Å²) in [4.78, 5) is 25.9. The van der Waals surface area contributed by atoms with E-state index in [1.165, 1.54) is 6.07 Å². The minimum Gasteiger partial charge on any atom is -0.477 e. The number of carbonyl (C=O) groups is 1. The molecule has 5 nitrogen and oxygen atoms in total. The fraction of sp³-hybridized carbons (Fsp3) is 0. The summed E-state index contributed by atoms with van der Waals surface area (Å²) in [6.07, 6.45) is 0. The number of aromatic nitrogens is 2. The molecule has 0 aliphatic rings. The Morgan fingerprint density at radius 2 is 1.48 bits per heavy atom. The van der Waals surface area contributed by atoms with Crippen LogP contribution in [0.1, 0.15) is 10.4 Å². The maximum atomic E-state index is 12.1. The van der Waals surface area contributed by atoms with Gasteiger partial charge in [-0.25, -0.2) is 4.79 Å². The predicted molar refractivity (Wildman–Crippen MR) is 106 cm³/mol. The van der Waals surface area contributed by atoms with Crippen molar-refractivity contribution < 1.29 is 9.90 Å². The van der Waals surface area contributed by atoms with Crippen LogP contribution in [0.25, 0.3) is 38.4 Å². The van der Waals surface area contributed by atoms with E-state index in [1.54, 1.807) is 0 Å². The zero-order valence-electron chi connectivity index (χ0n) is 14.1. The van der Waals surface area contributed by atoms with Crippen LogP contribution in [0, 0.1) is 0 Å². The van der Waals surface area contributed by atoms with Gasteiger partial charge in [0.15, 0.2) is 0 Å². The first kappa shape index (κ1) is 15.4. The van der Waals surface area contributed by atoms with Crippen molar-refractivity contribution in [1.29, 1.82) is 0 Å². The monoisotopic (exact) mass is 354 g/mol. The first-order chi connectivity index (χ1) is 13.1. The summed E-state index contributed by atoms with van der Waals surface area (Å²) in [5.41, 5.74) is 2.79. The summed E-state index contributed by atoms with van der Waals surface area (Å²) < 4.78 is 2.15. The quantitative estimate of drug-likeness (QED) is 0.496. The van der Waals surface area contributed by atoms with E-state index >= 15 is 0 Å². The van der Waals surface area contributed by atoms with Crippen LogP contribution in [0.2, 0.25) is 0 Å². The van der Waals surface area contributed by atoms with Gasteiger partial charge in [0.05, 0.1) is 16.6 Å². The van der Waals surface area contributed by atoms with Crippen molar-refractivity contribution in [1.82, 2.24) is 9.55 Å². The number of nitrogens with one attached hydrogen (secondary N) is 1. The van der Waals surface area contributed by atoms with E-state index in [0.717, 1.165) is 27.5 Å². The van der Waals surface area contributed by atoms with E-state index in [2.05, 4.69) is 33.8 Å². The van der Waals surface area contributed by atoms with Gasteiger partial charge in [-0.2, -0.15) is 0 Å². The Hall–Kier alpha value is -3.86. The van der Waals surface area contributed by atoms with Crippen molar-refractivity contribution in [2.75, 3.05) is 0 Å². The van der Waals surface area contributed by atoms with Crippen molar-refractivity contribution in [3.05, 3.63) is 88.7 Å².